The lowest BCUT2D eigenvalue weighted by molar-refractivity contribution is 0.402. The Morgan fingerprint density at radius 3 is 2.33 bits per heavy atom. The maximum Gasteiger partial charge on any atom is 0.0629 e. The lowest BCUT2D eigenvalue weighted by Gasteiger charge is -2.21. The van der Waals surface area contributed by atoms with Crippen molar-refractivity contribution in [2.24, 2.45) is 11.7 Å². The fourth-order valence-electron chi connectivity index (χ4n) is 2.16. The van der Waals surface area contributed by atoms with Crippen molar-refractivity contribution in [3.63, 3.8) is 0 Å². The standard InChI is InChI=1S/C12H19N3/c1-8(2)11-10(13)12(15-14-11)9-6-4-3-5-7-9/h3-8,10-12,14-15H,13H2,1-2H3. The molecule has 0 aromatic heterocycles. The molecule has 3 atom stereocenters. The summed E-state index contributed by atoms with van der Waals surface area (Å²) in [6.45, 7) is 4.37. The summed E-state index contributed by atoms with van der Waals surface area (Å²) >= 11 is 0. The highest BCUT2D eigenvalue weighted by Gasteiger charge is 2.35. The SMILES string of the molecule is CC(C)C1NNC(c2ccccc2)C1N. The first-order chi connectivity index (χ1) is 7.20. The van der Waals surface area contributed by atoms with E-state index in [2.05, 4.69) is 36.8 Å². The van der Waals surface area contributed by atoms with Crippen molar-refractivity contribution in [2.45, 2.75) is 32.0 Å². The molecule has 0 bridgehead atoms. The molecule has 0 radical (unpaired) electrons. The average Bonchev–Trinajstić information content (AvgIpc) is 2.61. The van der Waals surface area contributed by atoms with Crippen molar-refractivity contribution >= 4 is 0 Å². The molecule has 1 saturated heterocycles. The zero-order valence-electron chi connectivity index (χ0n) is 9.27. The van der Waals surface area contributed by atoms with Gasteiger partial charge in [-0.05, 0) is 11.5 Å². The summed E-state index contributed by atoms with van der Waals surface area (Å²) in [6, 6.07) is 11.0. The first-order valence-corrected chi connectivity index (χ1v) is 5.51. The van der Waals surface area contributed by atoms with Gasteiger partial charge in [-0.25, -0.2) is 5.43 Å². The van der Waals surface area contributed by atoms with Crippen molar-refractivity contribution in [3.05, 3.63) is 35.9 Å². The maximum atomic E-state index is 6.23. The summed E-state index contributed by atoms with van der Waals surface area (Å²) in [6.07, 6.45) is 0. The van der Waals surface area contributed by atoms with Crippen molar-refractivity contribution in [2.75, 3.05) is 0 Å². The van der Waals surface area contributed by atoms with Crippen molar-refractivity contribution in [3.8, 4) is 0 Å². The second kappa shape index (κ2) is 4.31. The zero-order chi connectivity index (χ0) is 10.8. The molecule has 1 heterocycles. The highest BCUT2D eigenvalue weighted by molar-refractivity contribution is 5.22. The van der Waals surface area contributed by atoms with E-state index < -0.39 is 0 Å². The van der Waals surface area contributed by atoms with E-state index in [1.165, 1.54) is 5.56 Å². The molecule has 1 aliphatic rings. The second-order valence-electron chi connectivity index (χ2n) is 4.52. The Bertz CT molecular complexity index is 310. The van der Waals surface area contributed by atoms with Crippen LogP contribution in [0.3, 0.4) is 0 Å². The van der Waals surface area contributed by atoms with Gasteiger partial charge in [0.25, 0.3) is 0 Å². The van der Waals surface area contributed by atoms with Crippen LogP contribution in [0.4, 0.5) is 0 Å². The molecule has 3 unspecified atom stereocenters. The lowest BCUT2D eigenvalue weighted by atomic mass is 9.91. The van der Waals surface area contributed by atoms with E-state index in [1.54, 1.807) is 0 Å². The quantitative estimate of drug-likeness (QED) is 0.679. The van der Waals surface area contributed by atoms with Crippen LogP contribution in [0.5, 0.6) is 0 Å². The molecule has 0 saturated carbocycles. The van der Waals surface area contributed by atoms with Crippen molar-refractivity contribution < 1.29 is 0 Å². The number of hydrogen-bond donors (Lipinski definition) is 3. The van der Waals surface area contributed by atoms with E-state index >= 15 is 0 Å². The molecule has 0 amide bonds. The van der Waals surface area contributed by atoms with Crippen LogP contribution < -0.4 is 16.6 Å². The van der Waals surface area contributed by atoms with Gasteiger partial charge in [-0.2, -0.15) is 0 Å². The molecule has 1 aromatic rings. The molecule has 15 heavy (non-hydrogen) atoms. The molecule has 4 N–H and O–H groups in total. The topological polar surface area (TPSA) is 50.1 Å². The van der Waals surface area contributed by atoms with Gasteiger partial charge >= 0.3 is 0 Å². The fourth-order valence-corrected chi connectivity index (χ4v) is 2.16. The minimum Gasteiger partial charge on any atom is -0.325 e. The first kappa shape index (κ1) is 10.6. The average molecular weight is 205 g/mol. The van der Waals surface area contributed by atoms with Gasteiger partial charge in [0.2, 0.25) is 0 Å². The Morgan fingerprint density at radius 1 is 1.13 bits per heavy atom. The van der Waals surface area contributed by atoms with Gasteiger partial charge in [0, 0.05) is 12.1 Å². The smallest absolute Gasteiger partial charge is 0.0629 e. The van der Waals surface area contributed by atoms with E-state index in [0.717, 1.165) is 0 Å². The normalized spacial score (nSPS) is 31.1. The van der Waals surface area contributed by atoms with Crippen LogP contribution in [0.25, 0.3) is 0 Å². The molecule has 3 heteroatoms. The Balaban J connectivity index is 2.14. The van der Waals surface area contributed by atoms with E-state index in [4.69, 9.17) is 5.73 Å². The highest BCUT2D eigenvalue weighted by Crippen LogP contribution is 2.24. The largest absolute Gasteiger partial charge is 0.325 e. The number of hydrazine groups is 1. The molecule has 82 valence electrons. The van der Waals surface area contributed by atoms with Crippen LogP contribution in [0.15, 0.2) is 30.3 Å². The van der Waals surface area contributed by atoms with Crippen LogP contribution in [-0.4, -0.2) is 12.1 Å². The predicted molar refractivity (Wildman–Crippen MR) is 62.1 cm³/mol. The third kappa shape index (κ3) is 2.04. The number of rotatable bonds is 2. The molecule has 1 fully saturated rings. The number of nitrogens with two attached hydrogens (primary N) is 1. The number of benzene rings is 1. The fraction of sp³-hybridized carbons (Fsp3) is 0.500. The van der Waals surface area contributed by atoms with Gasteiger partial charge in [0.05, 0.1) is 6.04 Å². The molecular formula is C12H19N3. The van der Waals surface area contributed by atoms with Gasteiger partial charge in [0.1, 0.15) is 0 Å². The van der Waals surface area contributed by atoms with Gasteiger partial charge in [0.15, 0.2) is 0 Å². The molecule has 0 aliphatic carbocycles. The summed E-state index contributed by atoms with van der Waals surface area (Å²) < 4.78 is 0. The summed E-state index contributed by atoms with van der Waals surface area (Å²) in [5.74, 6) is 0.543. The molecular weight excluding hydrogens is 186 g/mol. The van der Waals surface area contributed by atoms with Gasteiger partial charge in [-0.15, -0.1) is 0 Å². The summed E-state index contributed by atoms with van der Waals surface area (Å²) in [7, 11) is 0. The Morgan fingerprint density at radius 2 is 1.80 bits per heavy atom. The third-order valence-corrected chi connectivity index (χ3v) is 3.08. The Labute approximate surface area is 91.0 Å². The maximum absolute atomic E-state index is 6.23. The molecule has 0 spiro atoms. The van der Waals surface area contributed by atoms with E-state index in [0.29, 0.717) is 12.0 Å². The van der Waals surface area contributed by atoms with Gasteiger partial charge < -0.3 is 5.73 Å². The Kier molecular flexibility index (Phi) is 3.05. The molecule has 3 nitrogen and oxygen atoms in total. The summed E-state index contributed by atoms with van der Waals surface area (Å²) in [4.78, 5) is 0. The third-order valence-electron chi connectivity index (χ3n) is 3.08. The molecule has 1 aliphatic heterocycles. The highest BCUT2D eigenvalue weighted by atomic mass is 15.4. The molecule has 1 aromatic carbocycles. The van der Waals surface area contributed by atoms with E-state index in [1.807, 2.05) is 18.2 Å². The van der Waals surface area contributed by atoms with Crippen LogP contribution in [0, 0.1) is 5.92 Å². The van der Waals surface area contributed by atoms with E-state index in [-0.39, 0.29) is 12.1 Å². The van der Waals surface area contributed by atoms with E-state index in [9.17, 15) is 0 Å². The van der Waals surface area contributed by atoms with Crippen molar-refractivity contribution in [1.82, 2.24) is 10.9 Å². The van der Waals surface area contributed by atoms with Crippen LogP contribution in [0.1, 0.15) is 25.5 Å². The van der Waals surface area contributed by atoms with Crippen LogP contribution in [-0.2, 0) is 0 Å². The minimum absolute atomic E-state index is 0.132. The lowest BCUT2D eigenvalue weighted by Crippen LogP contribution is -2.42. The minimum atomic E-state index is 0.132. The molecule has 2 rings (SSSR count). The monoisotopic (exact) mass is 205 g/mol. The van der Waals surface area contributed by atoms with Gasteiger partial charge in [-0.3, -0.25) is 5.43 Å². The van der Waals surface area contributed by atoms with Crippen molar-refractivity contribution in [1.29, 1.82) is 0 Å². The number of nitrogens with one attached hydrogen (secondary N) is 2. The summed E-state index contributed by atoms with van der Waals surface area (Å²) in [5.41, 5.74) is 14.0. The predicted octanol–water partition coefficient (Wildman–Crippen LogP) is 1.19. The van der Waals surface area contributed by atoms with Crippen LogP contribution in [0.2, 0.25) is 0 Å². The van der Waals surface area contributed by atoms with Gasteiger partial charge in [-0.1, -0.05) is 44.2 Å². The number of hydrogen-bond acceptors (Lipinski definition) is 3. The summed E-state index contributed by atoms with van der Waals surface area (Å²) in [5, 5.41) is 0. The Hall–Kier alpha value is -0.900. The second-order valence-corrected chi connectivity index (χ2v) is 4.52. The van der Waals surface area contributed by atoms with Crippen LogP contribution >= 0.6 is 0 Å². The first-order valence-electron chi connectivity index (χ1n) is 5.51. The zero-order valence-corrected chi connectivity index (χ0v) is 9.27.